The van der Waals surface area contributed by atoms with Crippen LogP contribution in [0.5, 0.6) is 0 Å². The summed E-state index contributed by atoms with van der Waals surface area (Å²) in [5.74, 6) is -2.56. The van der Waals surface area contributed by atoms with Gasteiger partial charge < -0.3 is 46.1 Å². The molecule has 394 valence electrons. The summed E-state index contributed by atoms with van der Waals surface area (Å²) in [5.41, 5.74) is 4.07. The number of nitrogen functional groups attached to an aromatic ring is 1. The third kappa shape index (κ3) is 18.9. The monoisotopic (exact) mass is 1020 g/mol. The average Bonchev–Trinajstić information content (AvgIpc) is 3.28. The van der Waals surface area contributed by atoms with Crippen LogP contribution in [-0.2, 0) is 60.4 Å². The Morgan fingerprint density at radius 3 is 1.51 bits per heavy atom. The minimum Gasteiger partial charge on any atom is -0.480 e. The molecule has 22 heteroatoms. The van der Waals surface area contributed by atoms with E-state index in [0.717, 1.165) is 45.5 Å². The molecule has 0 bridgehead atoms. The number of alkyl carbamates (subject to hydrolysis) is 2. The van der Waals surface area contributed by atoms with Crippen molar-refractivity contribution in [1.29, 1.82) is 0 Å². The molecule has 1 aromatic heterocycles. The summed E-state index contributed by atoms with van der Waals surface area (Å²) in [4.78, 5) is 81.2. The first-order valence-corrected chi connectivity index (χ1v) is 22.6. The number of likely N-dealkylation sites (N-methyl/N-ethyl adjacent to an activating group) is 2. The number of pyridine rings is 1. The summed E-state index contributed by atoms with van der Waals surface area (Å²) in [5, 5.41) is 18.5. The SMILES string of the molecule is C[C@@H](C(=O)NCc1ccc2c(N)nccc2c1)N(C)C(=O)[C@@H](CCc1cccc(C(F)(F)F)c1)NC(=O)OC(C)(C)C.C[C@@H](C(=O)O)N(C)C(=O)[C@@H](CCc1cccc(C(F)(F)F)c1)NC(=O)OC(C)(C)C. The first-order chi connectivity index (χ1) is 33.2. The van der Waals surface area contributed by atoms with Gasteiger partial charge in [-0.1, -0.05) is 48.5 Å². The van der Waals surface area contributed by atoms with Gasteiger partial charge >= 0.3 is 30.5 Å². The molecule has 6 N–H and O–H groups in total. The van der Waals surface area contributed by atoms with E-state index in [-0.39, 0.29) is 32.2 Å². The highest BCUT2D eigenvalue weighted by Crippen LogP contribution is 2.31. The number of nitrogens with two attached hydrogens (primary N) is 1. The second-order valence-corrected chi connectivity index (χ2v) is 18.9. The van der Waals surface area contributed by atoms with Crippen molar-refractivity contribution in [3.63, 3.8) is 0 Å². The number of carbonyl (C=O) groups is 6. The maximum atomic E-state index is 13.5. The molecule has 0 aliphatic heterocycles. The molecule has 0 aliphatic rings. The van der Waals surface area contributed by atoms with Crippen LogP contribution >= 0.6 is 0 Å². The van der Waals surface area contributed by atoms with Crippen molar-refractivity contribution < 1.29 is 69.7 Å². The average molecular weight is 1020 g/mol. The summed E-state index contributed by atoms with van der Waals surface area (Å²) < 4.78 is 88.7. The number of fused-ring (bicyclic) bond motifs is 1. The van der Waals surface area contributed by atoms with E-state index in [1.807, 2.05) is 24.3 Å². The van der Waals surface area contributed by atoms with Crippen LogP contribution in [0, 0.1) is 0 Å². The topological polar surface area (TPSA) is 223 Å². The molecule has 4 aromatic rings. The minimum absolute atomic E-state index is 0.0207. The Morgan fingerprint density at radius 1 is 0.653 bits per heavy atom. The number of carbonyl (C=O) groups excluding carboxylic acids is 5. The van der Waals surface area contributed by atoms with Gasteiger partial charge in [0, 0.05) is 32.2 Å². The number of hydrogen-bond donors (Lipinski definition) is 5. The molecule has 4 rings (SSSR count). The second-order valence-electron chi connectivity index (χ2n) is 18.9. The van der Waals surface area contributed by atoms with Crippen molar-refractivity contribution in [3.05, 3.63) is 107 Å². The lowest BCUT2D eigenvalue weighted by Gasteiger charge is -2.29. The van der Waals surface area contributed by atoms with Gasteiger partial charge in [-0.05, 0) is 127 Å². The van der Waals surface area contributed by atoms with Gasteiger partial charge in [0.05, 0.1) is 11.1 Å². The Morgan fingerprint density at radius 2 is 1.10 bits per heavy atom. The van der Waals surface area contributed by atoms with E-state index in [4.69, 9.17) is 20.3 Å². The molecule has 4 atom stereocenters. The number of alkyl halides is 6. The number of nitrogens with zero attached hydrogens (tertiary/aromatic N) is 3. The molecule has 0 saturated carbocycles. The van der Waals surface area contributed by atoms with Gasteiger partial charge in [-0.15, -0.1) is 0 Å². The first kappa shape index (κ1) is 59.2. The predicted molar refractivity (Wildman–Crippen MR) is 256 cm³/mol. The van der Waals surface area contributed by atoms with Gasteiger partial charge in [-0.25, -0.2) is 19.4 Å². The molecule has 16 nitrogen and oxygen atoms in total. The number of benzene rings is 3. The van der Waals surface area contributed by atoms with E-state index in [9.17, 15) is 55.1 Å². The molecule has 0 radical (unpaired) electrons. The lowest BCUT2D eigenvalue weighted by atomic mass is 10.0. The number of ether oxygens (including phenoxy) is 2. The molecule has 0 spiro atoms. The summed E-state index contributed by atoms with van der Waals surface area (Å²) in [6.07, 6.45) is -9.13. The summed E-state index contributed by atoms with van der Waals surface area (Å²) >= 11 is 0. The Labute approximate surface area is 414 Å². The lowest BCUT2D eigenvalue weighted by Crippen LogP contribution is -2.54. The van der Waals surface area contributed by atoms with Crippen LogP contribution in [0.1, 0.15) is 96.0 Å². The smallest absolute Gasteiger partial charge is 0.416 e. The minimum atomic E-state index is -4.51. The number of aliphatic carboxylic acids is 1. The molecule has 1 heterocycles. The van der Waals surface area contributed by atoms with E-state index in [1.54, 1.807) is 47.7 Å². The number of carboxylic acid groups (broad SMARTS) is 1. The largest absolute Gasteiger partial charge is 0.480 e. The molecule has 5 amide bonds. The van der Waals surface area contributed by atoms with Crippen LogP contribution in [0.25, 0.3) is 10.8 Å². The number of hydrogen-bond acceptors (Lipinski definition) is 10. The lowest BCUT2D eigenvalue weighted by molar-refractivity contribution is -0.149. The number of rotatable bonds is 16. The molecule has 3 aromatic carbocycles. The van der Waals surface area contributed by atoms with E-state index in [0.29, 0.717) is 16.9 Å². The molecule has 0 aliphatic carbocycles. The normalized spacial score (nSPS) is 13.5. The van der Waals surface area contributed by atoms with Crippen molar-refractivity contribution in [2.24, 2.45) is 0 Å². The highest BCUT2D eigenvalue weighted by atomic mass is 19.4. The van der Waals surface area contributed by atoms with Crippen LogP contribution in [0.2, 0.25) is 0 Å². The number of aryl methyl sites for hydroxylation is 2. The van der Waals surface area contributed by atoms with Crippen molar-refractivity contribution in [2.45, 2.75) is 135 Å². The fraction of sp³-hybridized carbons (Fsp3) is 0.460. The van der Waals surface area contributed by atoms with Gasteiger partial charge in [0.25, 0.3) is 0 Å². The zero-order valence-corrected chi connectivity index (χ0v) is 41.8. The number of anilines is 1. The maximum Gasteiger partial charge on any atom is 0.416 e. The van der Waals surface area contributed by atoms with Crippen molar-refractivity contribution >= 4 is 52.5 Å². The van der Waals surface area contributed by atoms with E-state index < -0.39 is 94.7 Å². The summed E-state index contributed by atoms with van der Waals surface area (Å²) in [6, 6.07) is 12.3. The zero-order valence-electron chi connectivity index (χ0n) is 41.8. The number of carboxylic acids is 1. The number of halogens is 6. The molecular formula is C50H63F6N7O9. The highest BCUT2D eigenvalue weighted by molar-refractivity contribution is 5.92. The fourth-order valence-corrected chi connectivity index (χ4v) is 6.76. The zero-order chi connectivity index (χ0) is 54.5. The Bertz CT molecular complexity index is 2540. The number of aromatic nitrogens is 1. The van der Waals surface area contributed by atoms with E-state index >= 15 is 0 Å². The molecule has 0 fully saturated rings. The van der Waals surface area contributed by atoms with Gasteiger partial charge in [0.2, 0.25) is 17.7 Å². The van der Waals surface area contributed by atoms with Gasteiger partial charge in [0.1, 0.15) is 41.2 Å². The molecule has 72 heavy (non-hydrogen) atoms. The quantitative estimate of drug-likeness (QED) is 0.0672. The van der Waals surface area contributed by atoms with Crippen LogP contribution in [-0.4, -0.2) is 105 Å². The Kier molecular flexibility index (Phi) is 20.4. The highest BCUT2D eigenvalue weighted by Gasteiger charge is 2.35. The standard InChI is InChI=1S/C30H36F3N5O4.C20H27F3N2O5/c1-18(26(39)36-17-20-9-11-23-21(15-20)13-14-35-25(23)34)38(5)27(40)24(37-28(41)42-29(2,3)4)12-10-19-7-6-8-22(16-19)30(31,32)33;1-12(17(27)28)25(5)16(26)15(24-18(29)30-19(2,3)4)10-9-13-7-6-8-14(11-13)20(21,22)23/h6-9,11,13-16,18,24H,10,12,17H2,1-5H3,(H2,34,35)(H,36,39)(H,37,41);6-8,11-12,15H,9-10H2,1-5H3,(H,24,29)(H,27,28)/t18-,24+;12-,15+/m00/s1. The van der Waals surface area contributed by atoms with E-state index in [1.165, 1.54) is 57.1 Å². The number of amides is 5. The third-order valence-electron chi connectivity index (χ3n) is 10.9. The van der Waals surface area contributed by atoms with Gasteiger partial charge in [-0.2, -0.15) is 26.3 Å². The van der Waals surface area contributed by atoms with Gasteiger partial charge in [-0.3, -0.25) is 14.4 Å². The third-order valence-corrected chi connectivity index (χ3v) is 10.9. The first-order valence-electron chi connectivity index (χ1n) is 22.6. The van der Waals surface area contributed by atoms with Crippen LogP contribution < -0.4 is 21.7 Å². The van der Waals surface area contributed by atoms with Crippen LogP contribution in [0.15, 0.2) is 79.0 Å². The van der Waals surface area contributed by atoms with Gasteiger partial charge in [0.15, 0.2) is 0 Å². The van der Waals surface area contributed by atoms with E-state index in [2.05, 4.69) is 20.9 Å². The summed E-state index contributed by atoms with van der Waals surface area (Å²) in [7, 11) is 2.70. The molecule has 0 unspecified atom stereocenters. The molecule has 0 saturated heterocycles. The maximum absolute atomic E-state index is 13.5. The summed E-state index contributed by atoms with van der Waals surface area (Å²) in [6.45, 7) is 12.9. The Balaban J connectivity index is 0.000000403. The van der Waals surface area contributed by atoms with Crippen LogP contribution in [0.3, 0.4) is 0 Å². The Hall–Kier alpha value is -7.13. The van der Waals surface area contributed by atoms with Crippen molar-refractivity contribution in [1.82, 2.24) is 30.7 Å². The predicted octanol–water partition coefficient (Wildman–Crippen LogP) is 8.29. The number of nitrogens with one attached hydrogen (secondary N) is 3. The van der Waals surface area contributed by atoms with Crippen molar-refractivity contribution in [2.75, 3.05) is 19.8 Å². The second kappa shape index (κ2) is 24.8. The fourth-order valence-electron chi connectivity index (χ4n) is 6.76. The molecular weight excluding hydrogens is 957 g/mol. The van der Waals surface area contributed by atoms with Crippen molar-refractivity contribution in [3.8, 4) is 0 Å². The van der Waals surface area contributed by atoms with Crippen LogP contribution in [0.4, 0.5) is 41.7 Å².